The highest BCUT2D eigenvalue weighted by molar-refractivity contribution is 5.73. The third-order valence-corrected chi connectivity index (χ3v) is 3.81. The first kappa shape index (κ1) is 21.9. The first-order chi connectivity index (χ1) is 12.0. The van der Waals surface area contributed by atoms with Crippen LogP contribution in [0.4, 0.5) is 0 Å². The molecule has 1 amide bonds. The average molecular weight is 373 g/mol. The molecule has 1 saturated heterocycles. The normalized spacial score (nSPS) is 28.2. The van der Waals surface area contributed by atoms with Gasteiger partial charge >= 0.3 is 17.9 Å². The van der Waals surface area contributed by atoms with Crippen LogP contribution >= 0.6 is 0 Å². The van der Waals surface area contributed by atoms with Crippen LogP contribution in [-0.2, 0) is 38.1 Å². The van der Waals surface area contributed by atoms with Gasteiger partial charge in [-0.3, -0.25) is 19.2 Å². The molecule has 0 spiro atoms. The Hall–Kier alpha value is -2.16. The summed E-state index contributed by atoms with van der Waals surface area (Å²) in [6, 6.07) is -0.727. The summed E-state index contributed by atoms with van der Waals surface area (Å²) in [7, 11) is 0. The molecule has 148 valence electrons. The lowest BCUT2D eigenvalue weighted by atomic mass is 9.87. The zero-order valence-electron chi connectivity index (χ0n) is 15.9. The van der Waals surface area contributed by atoms with Crippen LogP contribution in [0, 0.1) is 5.92 Å². The Balaban J connectivity index is 3.27. The fourth-order valence-corrected chi connectivity index (χ4v) is 2.94. The van der Waals surface area contributed by atoms with Gasteiger partial charge in [-0.25, -0.2) is 0 Å². The SMILES string of the molecule is CC(=O)NC1C(OC(C)=O)[C@@H](OC(C)=O)C(COC(C)=O)O[C@H]1C(C)C. The topological polar surface area (TPSA) is 117 Å². The van der Waals surface area contributed by atoms with Gasteiger partial charge in [0.25, 0.3) is 0 Å². The van der Waals surface area contributed by atoms with E-state index in [-0.39, 0.29) is 18.4 Å². The molecule has 1 N–H and O–H groups in total. The largest absolute Gasteiger partial charge is 0.463 e. The van der Waals surface area contributed by atoms with Crippen LogP contribution in [0.5, 0.6) is 0 Å². The molecule has 1 aliphatic heterocycles. The lowest BCUT2D eigenvalue weighted by molar-refractivity contribution is -0.229. The molecule has 1 rings (SSSR count). The molecule has 26 heavy (non-hydrogen) atoms. The number of carbonyl (C=O) groups is 4. The molecular weight excluding hydrogens is 346 g/mol. The maximum atomic E-state index is 11.7. The summed E-state index contributed by atoms with van der Waals surface area (Å²) >= 11 is 0. The van der Waals surface area contributed by atoms with Gasteiger partial charge in [-0.05, 0) is 5.92 Å². The molecule has 0 aromatic heterocycles. The van der Waals surface area contributed by atoms with Gasteiger partial charge in [-0.15, -0.1) is 0 Å². The van der Waals surface area contributed by atoms with Crippen LogP contribution in [0.15, 0.2) is 0 Å². The fourth-order valence-electron chi connectivity index (χ4n) is 2.94. The fraction of sp³-hybridized carbons (Fsp3) is 0.765. The second-order valence-electron chi connectivity index (χ2n) is 6.56. The van der Waals surface area contributed by atoms with E-state index in [0.29, 0.717) is 0 Å². The molecule has 3 unspecified atom stereocenters. The second-order valence-corrected chi connectivity index (χ2v) is 6.56. The molecular formula is C17H27NO8. The quantitative estimate of drug-likeness (QED) is 0.523. The Kier molecular flexibility index (Phi) is 8.01. The van der Waals surface area contributed by atoms with Gasteiger partial charge in [-0.2, -0.15) is 0 Å². The lowest BCUT2D eigenvalue weighted by Crippen LogP contribution is -2.67. The van der Waals surface area contributed by atoms with Gasteiger partial charge in [0.1, 0.15) is 12.7 Å². The predicted octanol–water partition coefficient (Wildman–Crippen LogP) is 0.341. The molecule has 0 aromatic carbocycles. The summed E-state index contributed by atoms with van der Waals surface area (Å²) in [4.78, 5) is 46.0. The van der Waals surface area contributed by atoms with Crippen molar-refractivity contribution in [3.05, 3.63) is 0 Å². The van der Waals surface area contributed by atoms with Crippen molar-refractivity contribution in [1.29, 1.82) is 0 Å². The maximum absolute atomic E-state index is 11.7. The zero-order valence-corrected chi connectivity index (χ0v) is 15.9. The van der Waals surface area contributed by atoms with Crippen molar-refractivity contribution in [2.45, 2.75) is 72.0 Å². The van der Waals surface area contributed by atoms with Crippen molar-refractivity contribution < 1.29 is 38.1 Å². The monoisotopic (exact) mass is 373 g/mol. The Morgan fingerprint density at radius 1 is 0.923 bits per heavy atom. The third-order valence-electron chi connectivity index (χ3n) is 3.81. The summed E-state index contributed by atoms with van der Waals surface area (Å²) in [5, 5.41) is 2.72. The standard InChI is InChI=1S/C17H27NO8/c1-8(2)15-14(18-9(3)19)17(25-12(6)22)16(24-11(5)21)13(26-15)7-23-10(4)20/h8,13-17H,7H2,1-6H3,(H,18,19)/t13?,14?,15-,16-,17?/m0/s1. The molecule has 1 fully saturated rings. The van der Waals surface area contributed by atoms with Gasteiger partial charge < -0.3 is 24.3 Å². The first-order valence-electron chi connectivity index (χ1n) is 8.43. The van der Waals surface area contributed by atoms with Crippen molar-refractivity contribution in [3.63, 3.8) is 0 Å². The minimum atomic E-state index is -1.04. The van der Waals surface area contributed by atoms with Crippen molar-refractivity contribution >= 4 is 23.8 Å². The van der Waals surface area contributed by atoms with Crippen LogP contribution in [0.25, 0.3) is 0 Å². The Morgan fingerprint density at radius 3 is 1.88 bits per heavy atom. The van der Waals surface area contributed by atoms with E-state index >= 15 is 0 Å². The van der Waals surface area contributed by atoms with Crippen LogP contribution in [0.1, 0.15) is 41.5 Å². The van der Waals surface area contributed by atoms with Crippen molar-refractivity contribution in [3.8, 4) is 0 Å². The predicted molar refractivity (Wildman–Crippen MR) is 88.8 cm³/mol. The number of hydrogen-bond donors (Lipinski definition) is 1. The van der Waals surface area contributed by atoms with E-state index in [1.807, 2.05) is 13.8 Å². The first-order valence-corrected chi connectivity index (χ1v) is 8.43. The van der Waals surface area contributed by atoms with E-state index < -0.39 is 48.4 Å². The van der Waals surface area contributed by atoms with E-state index in [1.165, 1.54) is 27.7 Å². The molecule has 0 aromatic rings. The molecule has 0 aliphatic carbocycles. The van der Waals surface area contributed by atoms with Gasteiger partial charge in [0.15, 0.2) is 12.2 Å². The highest BCUT2D eigenvalue weighted by Gasteiger charge is 2.51. The number of hydrogen-bond acceptors (Lipinski definition) is 8. The van der Waals surface area contributed by atoms with E-state index in [1.54, 1.807) is 0 Å². The average Bonchev–Trinajstić information content (AvgIpc) is 2.47. The number of esters is 3. The third kappa shape index (κ3) is 6.29. The Labute approximate surface area is 152 Å². The molecule has 9 heteroatoms. The number of ether oxygens (including phenoxy) is 4. The lowest BCUT2D eigenvalue weighted by Gasteiger charge is -2.46. The second kappa shape index (κ2) is 9.51. The van der Waals surface area contributed by atoms with Crippen LogP contribution in [0.2, 0.25) is 0 Å². The van der Waals surface area contributed by atoms with Crippen LogP contribution in [-0.4, -0.2) is 60.9 Å². The van der Waals surface area contributed by atoms with Gasteiger partial charge in [0.05, 0.1) is 12.1 Å². The molecule has 0 radical (unpaired) electrons. The summed E-state index contributed by atoms with van der Waals surface area (Å²) in [5.41, 5.74) is 0. The van der Waals surface area contributed by atoms with Crippen LogP contribution in [0.3, 0.4) is 0 Å². The summed E-state index contributed by atoms with van der Waals surface area (Å²) < 4.78 is 21.7. The summed E-state index contributed by atoms with van der Waals surface area (Å²) in [5.74, 6) is -2.15. The number of amides is 1. The smallest absolute Gasteiger partial charge is 0.303 e. The summed E-state index contributed by atoms with van der Waals surface area (Å²) in [6.45, 7) is 8.56. The maximum Gasteiger partial charge on any atom is 0.303 e. The van der Waals surface area contributed by atoms with E-state index in [4.69, 9.17) is 18.9 Å². The minimum Gasteiger partial charge on any atom is -0.463 e. The Bertz CT molecular complexity index is 547. The van der Waals surface area contributed by atoms with Gasteiger partial charge in [-0.1, -0.05) is 13.8 Å². The Morgan fingerprint density at radius 2 is 1.46 bits per heavy atom. The van der Waals surface area contributed by atoms with Crippen molar-refractivity contribution in [2.75, 3.05) is 6.61 Å². The summed E-state index contributed by atoms with van der Waals surface area (Å²) in [6.07, 6.45) is -3.41. The van der Waals surface area contributed by atoms with E-state index in [9.17, 15) is 19.2 Å². The molecule has 9 nitrogen and oxygen atoms in total. The molecule has 5 atom stereocenters. The highest BCUT2D eigenvalue weighted by atomic mass is 16.6. The van der Waals surface area contributed by atoms with Gasteiger partial charge in [0.2, 0.25) is 5.91 Å². The molecule has 0 saturated carbocycles. The molecule has 1 aliphatic rings. The highest BCUT2D eigenvalue weighted by Crippen LogP contribution is 2.30. The minimum absolute atomic E-state index is 0.0667. The van der Waals surface area contributed by atoms with Crippen molar-refractivity contribution in [1.82, 2.24) is 5.32 Å². The van der Waals surface area contributed by atoms with Crippen LogP contribution < -0.4 is 5.32 Å². The van der Waals surface area contributed by atoms with E-state index in [2.05, 4.69) is 5.32 Å². The number of rotatable bonds is 6. The molecule has 0 bridgehead atoms. The number of nitrogens with one attached hydrogen (secondary N) is 1. The zero-order chi connectivity index (χ0) is 20.0. The van der Waals surface area contributed by atoms with E-state index in [0.717, 1.165) is 0 Å². The number of carbonyl (C=O) groups excluding carboxylic acids is 4. The molecule has 1 heterocycles. The van der Waals surface area contributed by atoms with Crippen molar-refractivity contribution in [2.24, 2.45) is 5.92 Å². The van der Waals surface area contributed by atoms with Gasteiger partial charge in [0, 0.05) is 27.7 Å².